The SMILES string of the molecule is CC(=O)O/N=C1\CC[C@]2(C)[C@H]3CC=C4[C@@H]5[C@@H](C)[C@H](C)CC[C@]5(C(=O)OCc5ccccc5)CC[C@@]4(C)[C@]3(C)CC[C@H]2C1(C)C. The molecule has 0 N–H and O–H groups in total. The van der Waals surface area contributed by atoms with Gasteiger partial charge in [-0.05, 0) is 109 Å². The van der Waals surface area contributed by atoms with Crippen LogP contribution in [0, 0.1) is 56.7 Å². The Labute approximate surface area is 265 Å². The minimum atomic E-state index is -0.425. The van der Waals surface area contributed by atoms with E-state index in [1.807, 2.05) is 30.3 Å². The van der Waals surface area contributed by atoms with Crippen molar-refractivity contribution in [3.63, 3.8) is 0 Å². The predicted octanol–water partition coefficient (Wildman–Crippen LogP) is 9.31. The maximum atomic E-state index is 14.3. The number of fused-ring (bicyclic) bond motifs is 7. The molecule has 6 rings (SSSR count). The fourth-order valence-corrected chi connectivity index (χ4v) is 11.8. The highest BCUT2D eigenvalue weighted by molar-refractivity contribution is 5.91. The number of hydrogen-bond donors (Lipinski definition) is 0. The Bertz CT molecular complexity index is 1360. The Morgan fingerprint density at radius 1 is 0.909 bits per heavy atom. The monoisotopic (exact) mass is 601 g/mol. The van der Waals surface area contributed by atoms with Crippen molar-refractivity contribution in [3.05, 3.63) is 47.5 Å². The molecule has 4 saturated carbocycles. The number of hydrogen-bond acceptors (Lipinski definition) is 5. The Morgan fingerprint density at radius 3 is 2.34 bits per heavy atom. The van der Waals surface area contributed by atoms with Crippen molar-refractivity contribution in [2.24, 2.45) is 61.8 Å². The molecule has 0 bridgehead atoms. The van der Waals surface area contributed by atoms with Crippen molar-refractivity contribution < 1.29 is 19.2 Å². The van der Waals surface area contributed by atoms with Crippen molar-refractivity contribution in [2.45, 2.75) is 120 Å². The summed E-state index contributed by atoms with van der Waals surface area (Å²) in [5, 5.41) is 4.39. The van der Waals surface area contributed by atoms with Gasteiger partial charge >= 0.3 is 11.9 Å². The molecule has 1 aromatic rings. The zero-order chi connectivity index (χ0) is 31.7. The number of carbonyl (C=O) groups is 2. The van der Waals surface area contributed by atoms with Crippen molar-refractivity contribution >= 4 is 17.7 Å². The van der Waals surface area contributed by atoms with E-state index < -0.39 is 5.41 Å². The third-order valence-electron chi connectivity index (χ3n) is 14.7. The third-order valence-corrected chi connectivity index (χ3v) is 14.7. The number of carbonyl (C=O) groups excluding carboxylic acids is 2. The molecule has 5 aliphatic carbocycles. The summed E-state index contributed by atoms with van der Waals surface area (Å²) in [6.45, 7) is 19.0. The topological polar surface area (TPSA) is 65.0 Å². The van der Waals surface area contributed by atoms with E-state index in [1.54, 1.807) is 5.57 Å². The number of ether oxygens (including phenoxy) is 1. The van der Waals surface area contributed by atoms with E-state index in [2.05, 4.69) is 59.7 Å². The smallest absolute Gasteiger partial charge is 0.331 e. The van der Waals surface area contributed by atoms with Crippen LogP contribution in [-0.4, -0.2) is 17.7 Å². The normalized spacial score (nSPS) is 43.4. The first-order chi connectivity index (χ1) is 20.7. The molecule has 44 heavy (non-hydrogen) atoms. The van der Waals surface area contributed by atoms with E-state index in [9.17, 15) is 9.59 Å². The first-order valence-corrected chi connectivity index (χ1v) is 17.4. The molecule has 0 unspecified atom stereocenters. The van der Waals surface area contributed by atoms with Crippen LogP contribution >= 0.6 is 0 Å². The zero-order valence-electron chi connectivity index (χ0n) is 28.5. The summed E-state index contributed by atoms with van der Waals surface area (Å²) in [6, 6.07) is 10.1. The van der Waals surface area contributed by atoms with Crippen LogP contribution in [0.3, 0.4) is 0 Å². The molecule has 0 aromatic heterocycles. The Hall–Kier alpha value is -2.43. The van der Waals surface area contributed by atoms with Crippen molar-refractivity contribution in [3.8, 4) is 0 Å². The lowest BCUT2D eigenvalue weighted by atomic mass is 9.33. The number of rotatable bonds is 4. The molecule has 5 aliphatic rings. The van der Waals surface area contributed by atoms with Gasteiger partial charge in [-0.25, -0.2) is 4.79 Å². The van der Waals surface area contributed by atoms with Gasteiger partial charge in [0.1, 0.15) is 6.61 Å². The lowest BCUT2D eigenvalue weighted by molar-refractivity contribution is -0.186. The summed E-state index contributed by atoms with van der Waals surface area (Å²) in [4.78, 5) is 31.0. The third kappa shape index (κ3) is 4.48. The van der Waals surface area contributed by atoms with Gasteiger partial charge in [0.25, 0.3) is 0 Å². The molecule has 240 valence electrons. The van der Waals surface area contributed by atoms with Crippen molar-refractivity contribution in [1.82, 2.24) is 0 Å². The van der Waals surface area contributed by atoms with E-state index in [4.69, 9.17) is 9.57 Å². The molecule has 0 radical (unpaired) electrons. The van der Waals surface area contributed by atoms with E-state index in [0.717, 1.165) is 62.6 Å². The summed E-state index contributed by atoms with van der Waals surface area (Å²) in [7, 11) is 0. The first-order valence-electron chi connectivity index (χ1n) is 17.4. The fraction of sp³-hybridized carbons (Fsp3) is 0.718. The van der Waals surface area contributed by atoms with E-state index >= 15 is 0 Å². The number of allylic oxidation sites excluding steroid dienone is 2. The molecule has 1 aromatic carbocycles. The Balaban J connectivity index is 1.35. The van der Waals surface area contributed by atoms with Crippen LogP contribution in [0.5, 0.6) is 0 Å². The molecule has 0 spiro atoms. The van der Waals surface area contributed by atoms with E-state index in [-0.39, 0.29) is 39.5 Å². The van der Waals surface area contributed by atoms with Crippen LogP contribution in [0.1, 0.15) is 119 Å². The second kappa shape index (κ2) is 10.8. The summed E-state index contributed by atoms with van der Waals surface area (Å²) in [5.41, 5.74) is 3.51. The molecular formula is C39H55NO4. The highest BCUT2D eigenvalue weighted by Crippen LogP contribution is 2.75. The molecule has 0 heterocycles. The van der Waals surface area contributed by atoms with Crippen molar-refractivity contribution in [2.75, 3.05) is 0 Å². The van der Waals surface area contributed by atoms with Gasteiger partial charge in [0.15, 0.2) is 0 Å². The molecule has 0 saturated heterocycles. The van der Waals surface area contributed by atoms with Crippen molar-refractivity contribution in [1.29, 1.82) is 0 Å². The molecule has 5 heteroatoms. The second-order valence-corrected chi connectivity index (χ2v) is 16.7. The summed E-state index contributed by atoms with van der Waals surface area (Å²) >= 11 is 0. The number of esters is 1. The average molecular weight is 602 g/mol. The van der Waals surface area contributed by atoms with Gasteiger partial charge in [0.05, 0.1) is 11.1 Å². The molecule has 0 amide bonds. The Kier molecular flexibility index (Phi) is 7.77. The molecule has 4 fully saturated rings. The van der Waals surface area contributed by atoms with Crippen LogP contribution in [-0.2, 0) is 25.8 Å². The zero-order valence-corrected chi connectivity index (χ0v) is 28.5. The lowest BCUT2D eigenvalue weighted by Gasteiger charge is -2.71. The van der Waals surface area contributed by atoms with Crippen LogP contribution in [0.2, 0.25) is 0 Å². The largest absolute Gasteiger partial charge is 0.460 e. The van der Waals surface area contributed by atoms with Gasteiger partial charge in [-0.15, -0.1) is 0 Å². The average Bonchev–Trinajstić information content (AvgIpc) is 2.98. The minimum Gasteiger partial charge on any atom is -0.460 e. The number of nitrogens with zero attached hydrogens (tertiary/aromatic N) is 1. The highest BCUT2D eigenvalue weighted by Gasteiger charge is 2.69. The van der Waals surface area contributed by atoms with Gasteiger partial charge in [0.2, 0.25) is 0 Å². The van der Waals surface area contributed by atoms with Crippen LogP contribution < -0.4 is 0 Å². The molecule has 9 atom stereocenters. The van der Waals surface area contributed by atoms with E-state index in [0.29, 0.717) is 30.3 Å². The standard InChI is InChI=1S/C39H55NO4/c1-25-16-21-39(34(42)43-24-28-12-10-9-11-13-28)23-22-37(7)29(33(39)26(25)2)14-15-31-36(6)19-18-32(40-44-27(3)41)35(4,5)30(36)17-20-38(31,37)8/h9-14,25-26,30-31,33H,15-24H2,1-8H3/b40-32+/t25-,26+,30+,31-,33+,36+,37-,38-,39+/m1/s1. The van der Waals surface area contributed by atoms with Gasteiger partial charge in [-0.3, -0.25) is 4.79 Å². The van der Waals surface area contributed by atoms with Crippen LogP contribution in [0.15, 0.2) is 47.1 Å². The van der Waals surface area contributed by atoms with E-state index in [1.165, 1.54) is 13.3 Å². The van der Waals surface area contributed by atoms with Crippen LogP contribution in [0.4, 0.5) is 0 Å². The van der Waals surface area contributed by atoms with Gasteiger partial charge in [0, 0.05) is 12.3 Å². The number of oxime groups is 1. The lowest BCUT2D eigenvalue weighted by Crippen LogP contribution is -2.65. The fourth-order valence-electron chi connectivity index (χ4n) is 11.8. The van der Waals surface area contributed by atoms with Gasteiger partial charge < -0.3 is 9.57 Å². The summed E-state index contributed by atoms with van der Waals surface area (Å²) in [6.07, 6.45) is 12.0. The van der Waals surface area contributed by atoms with Gasteiger partial charge in [-0.2, -0.15) is 0 Å². The molecule has 0 aliphatic heterocycles. The quantitative estimate of drug-likeness (QED) is 0.149. The Morgan fingerprint density at radius 2 is 1.64 bits per heavy atom. The summed E-state index contributed by atoms with van der Waals surface area (Å²) < 4.78 is 6.20. The maximum Gasteiger partial charge on any atom is 0.331 e. The minimum absolute atomic E-state index is 0.0321. The van der Waals surface area contributed by atoms with Gasteiger partial charge in [-0.1, -0.05) is 95.6 Å². The first kappa shape index (κ1) is 31.5. The molecular weight excluding hydrogens is 546 g/mol. The summed E-state index contributed by atoms with van der Waals surface area (Å²) in [5.74, 6) is 2.00. The number of benzene rings is 1. The maximum absolute atomic E-state index is 14.3. The van der Waals surface area contributed by atoms with Crippen LogP contribution in [0.25, 0.3) is 0 Å². The highest BCUT2D eigenvalue weighted by atomic mass is 16.7. The second-order valence-electron chi connectivity index (χ2n) is 16.7. The predicted molar refractivity (Wildman–Crippen MR) is 174 cm³/mol. The molecule has 5 nitrogen and oxygen atoms in total.